The zero-order chi connectivity index (χ0) is 36.4. The second-order valence-electron chi connectivity index (χ2n) is 14.2. The smallest absolute Gasteiger partial charge is 0.343 e. The monoisotopic (exact) mass is 750 g/mol. The quantitative estimate of drug-likeness (QED) is 0.115. The molecule has 0 unspecified atom stereocenters. The summed E-state index contributed by atoms with van der Waals surface area (Å²) < 4.78 is 0. The van der Waals surface area contributed by atoms with E-state index in [0.717, 1.165) is 22.4 Å². The van der Waals surface area contributed by atoms with Gasteiger partial charge in [0.05, 0.1) is 9.52 Å². The minimum absolute atomic E-state index is 0. The van der Waals surface area contributed by atoms with Gasteiger partial charge in [-0.25, -0.2) is 0 Å². The molecule has 0 atom stereocenters. The number of hydrogen-bond donors (Lipinski definition) is 0. The van der Waals surface area contributed by atoms with Crippen molar-refractivity contribution in [3.8, 4) is 0 Å². The molecule has 0 saturated heterocycles. The third-order valence-electron chi connectivity index (χ3n) is 8.39. The fourth-order valence-corrected chi connectivity index (χ4v) is 5.80. The van der Waals surface area contributed by atoms with Crippen LogP contribution in [0.5, 0.6) is 0 Å². The van der Waals surface area contributed by atoms with E-state index in [1.54, 1.807) is 0 Å². The summed E-state index contributed by atoms with van der Waals surface area (Å²) in [5.74, 6) is 2.42. The molecular weight excluding hydrogens is 684 g/mol. The number of unbranched alkanes of at least 4 members (excludes halogenated alkanes) is 2. The standard InChI is InChI=1S/2C16H21.C7H8Si.2C4H9.Zr/c2*1-10(2)13-8-14-6-12(5)7-16(14)15(9-13)11(3)4;1-8-7-5-3-2-4-6-7;2*1-3-4-2;/h2*6-11H,1-5H3;2-6H,1H3;2*1,3-4H2,2H3;/q2*-1;;2*-1;+4. The van der Waals surface area contributed by atoms with Crippen molar-refractivity contribution in [1.82, 2.24) is 0 Å². The number of hydrogen-bond acceptors (Lipinski definition) is 0. The van der Waals surface area contributed by atoms with Crippen LogP contribution in [0.4, 0.5) is 0 Å². The SMILES string of the molecule is C[Si]c1ccccc1.Cc1cc2c(C(C)C)cc(C(C)C)cc2[cH-]1.Cc1cc2c(C(C)C)cc(C(C)C)cc2[cH-]1.[CH2-]CCC.[CH2-]CCC.[Zr+4]. The van der Waals surface area contributed by atoms with Crippen molar-refractivity contribution in [2.75, 3.05) is 0 Å². The van der Waals surface area contributed by atoms with Gasteiger partial charge in [0, 0.05) is 0 Å². The Bertz CT molecular complexity index is 1460. The molecule has 0 heterocycles. The van der Waals surface area contributed by atoms with Gasteiger partial charge in [-0.15, -0.1) is 56.9 Å². The molecule has 0 fully saturated rings. The Hall–Kier alpha value is -2.02. The third-order valence-corrected chi connectivity index (χ3v) is 9.30. The summed E-state index contributed by atoms with van der Waals surface area (Å²) in [5, 5.41) is 7.14. The number of rotatable bonds is 7. The van der Waals surface area contributed by atoms with E-state index in [9.17, 15) is 0 Å². The summed E-state index contributed by atoms with van der Waals surface area (Å²) in [7, 11) is 0.930. The van der Waals surface area contributed by atoms with E-state index >= 15 is 0 Å². The molecule has 2 heteroatoms. The van der Waals surface area contributed by atoms with E-state index in [2.05, 4.69) is 176 Å². The molecule has 0 bridgehead atoms. The fraction of sp³-hybridized carbons (Fsp3) is 0.447. The minimum Gasteiger partial charge on any atom is -0.343 e. The van der Waals surface area contributed by atoms with Gasteiger partial charge in [-0.05, 0) is 23.7 Å². The molecule has 5 aromatic carbocycles. The maximum atomic E-state index is 3.60. The second-order valence-corrected chi connectivity index (χ2v) is 15.3. The van der Waals surface area contributed by atoms with Crippen molar-refractivity contribution in [1.29, 1.82) is 0 Å². The van der Waals surface area contributed by atoms with Gasteiger partial charge >= 0.3 is 26.2 Å². The average molecular weight is 752 g/mol. The predicted molar refractivity (Wildman–Crippen MR) is 223 cm³/mol. The van der Waals surface area contributed by atoms with E-state index in [1.807, 2.05) is 6.07 Å². The summed E-state index contributed by atoms with van der Waals surface area (Å²) in [5.41, 5.74) is 8.66. The number of fused-ring (bicyclic) bond motifs is 2. The van der Waals surface area contributed by atoms with Crippen LogP contribution < -0.4 is 5.19 Å². The third kappa shape index (κ3) is 16.2. The summed E-state index contributed by atoms with van der Waals surface area (Å²) in [4.78, 5) is 0. The largest absolute Gasteiger partial charge is 4.00 e. The van der Waals surface area contributed by atoms with Crippen LogP contribution in [0.3, 0.4) is 0 Å². The Kier molecular flexibility index (Phi) is 24.0. The maximum absolute atomic E-state index is 3.60. The first-order chi connectivity index (χ1) is 22.7. The Labute approximate surface area is 325 Å². The Balaban J connectivity index is 0.000000652. The Morgan fingerprint density at radius 2 is 0.918 bits per heavy atom. The van der Waals surface area contributed by atoms with Crippen LogP contribution in [-0.2, 0) is 26.2 Å². The molecule has 49 heavy (non-hydrogen) atoms. The predicted octanol–water partition coefficient (Wildman–Crippen LogP) is 14.5. The maximum Gasteiger partial charge on any atom is 4.00 e. The van der Waals surface area contributed by atoms with Crippen molar-refractivity contribution >= 4 is 36.3 Å². The van der Waals surface area contributed by atoms with Crippen LogP contribution in [0.25, 0.3) is 21.5 Å². The zero-order valence-corrected chi connectivity index (χ0v) is 37.0. The van der Waals surface area contributed by atoms with Crippen LogP contribution in [0.15, 0.2) is 78.9 Å². The first-order valence-corrected chi connectivity index (χ1v) is 20.0. The van der Waals surface area contributed by atoms with Crippen LogP contribution in [0.2, 0.25) is 6.55 Å². The van der Waals surface area contributed by atoms with Crippen molar-refractivity contribution in [3.05, 3.63) is 126 Å². The van der Waals surface area contributed by atoms with Crippen molar-refractivity contribution in [2.45, 2.75) is 139 Å². The minimum atomic E-state index is 0. The molecule has 2 radical (unpaired) electrons. The van der Waals surface area contributed by atoms with Crippen LogP contribution in [0, 0.1) is 27.7 Å². The molecule has 0 saturated carbocycles. The Morgan fingerprint density at radius 1 is 0.571 bits per heavy atom. The summed E-state index contributed by atoms with van der Waals surface area (Å²) in [6.07, 6.45) is 4.56. The van der Waals surface area contributed by atoms with E-state index in [1.165, 1.54) is 73.0 Å². The van der Waals surface area contributed by atoms with Crippen molar-refractivity contribution in [3.63, 3.8) is 0 Å². The van der Waals surface area contributed by atoms with Crippen molar-refractivity contribution in [2.24, 2.45) is 0 Å². The van der Waals surface area contributed by atoms with Gasteiger partial charge in [0.2, 0.25) is 0 Å². The van der Waals surface area contributed by atoms with Crippen LogP contribution in [-0.4, -0.2) is 9.52 Å². The number of aryl methyl sites for hydroxylation is 2. The first kappa shape index (κ1) is 47.0. The average Bonchev–Trinajstić information content (AvgIpc) is 3.65. The molecule has 0 aliphatic carbocycles. The molecule has 5 rings (SSSR count). The van der Waals surface area contributed by atoms with Crippen molar-refractivity contribution < 1.29 is 26.2 Å². The molecule has 0 spiro atoms. The van der Waals surface area contributed by atoms with Crippen LogP contribution in [0.1, 0.15) is 152 Å². The first-order valence-electron chi connectivity index (χ1n) is 18.5. The van der Waals surface area contributed by atoms with Gasteiger partial charge in [-0.2, -0.15) is 25.0 Å². The van der Waals surface area contributed by atoms with Gasteiger partial charge in [0.1, 0.15) is 0 Å². The molecule has 0 nitrogen and oxygen atoms in total. The number of benzene rings is 3. The molecular formula is C47H68SiZr. The van der Waals surface area contributed by atoms with Gasteiger partial charge in [0.15, 0.2) is 0 Å². The molecule has 0 aliphatic heterocycles. The normalized spacial score (nSPS) is 10.5. The van der Waals surface area contributed by atoms with E-state index in [-0.39, 0.29) is 26.2 Å². The summed E-state index contributed by atoms with van der Waals surface area (Å²) in [6, 6.07) is 29.2. The van der Waals surface area contributed by atoms with E-state index < -0.39 is 0 Å². The van der Waals surface area contributed by atoms with Gasteiger partial charge in [-0.1, -0.05) is 172 Å². The topological polar surface area (TPSA) is 0 Å². The molecule has 264 valence electrons. The molecule has 5 aromatic rings. The second kappa shape index (κ2) is 25.0. The summed E-state index contributed by atoms with van der Waals surface area (Å²) >= 11 is 0. The molecule has 0 aromatic heterocycles. The Morgan fingerprint density at radius 3 is 1.16 bits per heavy atom. The molecule has 0 amide bonds. The molecule has 0 N–H and O–H groups in total. The molecule has 0 aliphatic rings. The van der Waals surface area contributed by atoms with Gasteiger partial charge in [0.25, 0.3) is 0 Å². The van der Waals surface area contributed by atoms with Gasteiger partial charge < -0.3 is 13.8 Å². The summed E-state index contributed by atoms with van der Waals surface area (Å²) in [6.45, 7) is 36.2. The zero-order valence-electron chi connectivity index (χ0n) is 33.6. The van der Waals surface area contributed by atoms with E-state index in [0.29, 0.717) is 23.7 Å². The van der Waals surface area contributed by atoms with E-state index in [4.69, 9.17) is 0 Å². The van der Waals surface area contributed by atoms with Gasteiger partial charge in [-0.3, -0.25) is 0 Å². The fourth-order valence-electron chi connectivity index (χ4n) is 5.27. The van der Waals surface area contributed by atoms with Crippen LogP contribution >= 0.6 is 0 Å².